The van der Waals surface area contributed by atoms with E-state index in [0.717, 1.165) is 24.1 Å². The molecule has 0 aliphatic carbocycles. The summed E-state index contributed by atoms with van der Waals surface area (Å²) in [7, 11) is 2.21. The van der Waals surface area contributed by atoms with Crippen molar-refractivity contribution in [1.29, 1.82) is 0 Å². The van der Waals surface area contributed by atoms with Crippen molar-refractivity contribution in [2.75, 3.05) is 20.1 Å². The summed E-state index contributed by atoms with van der Waals surface area (Å²) in [5.74, 6) is 0. The summed E-state index contributed by atoms with van der Waals surface area (Å²) in [6.07, 6.45) is 2.50. The Morgan fingerprint density at radius 3 is 2.83 bits per heavy atom. The number of nitrogens with one attached hydrogen (secondary N) is 1. The summed E-state index contributed by atoms with van der Waals surface area (Å²) in [6.45, 7) is 7.68. The van der Waals surface area contributed by atoms with Crippen LogP contribution in [0, 0.1) is 0 Å². The molecule has 0 saturated heterocycles. The molecule has 0 saturated carbocycles. The van der Waals surface area contributed by atoms with Crippen LogP contribution in [-0.2, 0) is 6.54 Å². The van der Waals surface area contributed by atoms with Crippen LogP contribution in [0.1, 0.15) is 32.3 Å². The molecule has 3 heteroatoms. The lowest BCUT2D eigenvalue weighted by Crippen LogP contribution is -2.29. The van der Waals surface area contributed by atoms with Gasteiger partial charge < -0.3 is 5.32 Å². The van der Waals surface area contributed by atoms with Gasteiger partial charge in [-0.1, -0.05) is 35.0 Å². The van der Waals surface area contributed by atoms with Crippen LogP contribution in [0.4, 0.5) is 0 Å². The minimum absolute atomic E-state index is 0.627. The molecule has 0 fully saturated rings. The fraction of sp³-hybridized carbons (Fsp3) is 0.600. The van der Waals surface area contributed by atoms with Crippen molar-refractivity contribution in [3.05, 3.63) is 34.3 Å². The van der Waals surface area contributed by atoms with Gasteiger partial charge in [-0.05, 0) is 57.6 Å². The van der Waals surface area contributed by atoms with Crippen molar-refractivity contribution in [1.82, 2.24) is 10.2 Å². The van der Waals surface area contributed by atoms with E-state index in [1.165, 1.54) is 18.4 Å². The quantitative estimate of drug-likeness (QED) is 0.737. The molecular formula is C15H25BrN2. The van der Waals surface area contributed by atoms with E-state index in [1.54, 1.807) is 0 Å². The van der Waals surface area contributed by atoms with E-state index in [9.17, 15) is 0 Å². The van der Waals surface area contributed by atoms with Crippen LogP contribution in [0.25, 0.3) is 0 Å². The molecular weight excluding hydrogens is 288 g/mol. The van der Waals surface area contributed by atoms with Crippen molar-refractivity contribution in [2.24, 2.45) is 0 Å². The molecule has 0 aliphatic heterocycles. The third-order valence-electron chi connectivity index (χ3n) is 3.30. The number of nitrogens with zero attached hydrogens (tertiary/aromatic N) is 1. The average Bonchev–Trinajstić information content (AvgIpc) is 2.34. The first-order chi connectivity index (χ1) is 8.63. The normalized spacial score (nSPS) is 12.9. The lowest BCUT2D eigenvalue weighted by molar-refractivity contribution is 0.234. The molecule has 1 N–H and O–H groups in total. The summed E-state index contributed by atoms with van der Waals surface area (Å²) in [6, 6.07) is 9.18. The molecule has 18 heavy (non-hydrogen) atoms. The van der Waals surface area contributed by atoms with Gasteiger partial charge in [0.1, 0.15) is 0 Å². The zero-order chi connectivity index (χ0) is 13.4. The molecule has 0 aromatic heterocycles. The van der Waals surface area contributed by atoms with E-state index in [2.05, 4.69) is 71.3 Å². The van der Waals surface area contributed by atoms with Crippen LogP contribution in [0.3, 0.4) is 0 Å². The largest absolute Gasteiger partial charge is 0.317 e. The first-order valence-corrected chi connectivity index (χ1v) is 7.58. The number of halogens is 1. The Balaban J connectivity index is 2.33. The maximum atomic E-state index is 3.52. The Bertz CT molecular complexity index is 341. The van der Waals surface area contributed by atoms with Crippen molar-refractivity contribution >= 4 is 15.9 Å². The van der Waals surface area contributed by atoms with Gasteiger partial charge in [-0.15, -0.1) is 0 Å². The second-order valence-corrected chi connectivity index (χ2v) is 5.81. The van der Waals surface area contributed by atoms with E-state index >= 15 is 0 Å². The van der Waals surface area contributed by atoms with Gasteiger partial charge in [-0.2, -0.15) is 0 Å². The standard InChI is InChI=1S/C15H25BrN2/c1-4-17-10-6-7-13(2)18(3)12-14-8-5-9-15(16)11-14/h5,8-9,11,13,17H,4,6-7,10,12H2,1-3H3. The molecule has 0 radical (unpaired) electrons. The predicted octanol–water partition coefficient (Wildman–Crippen LogP) is 3.66. The topological polar surface area (TPSA) is 15.3 Å². The molecule has 2 nitrogen and oxygen atoms in total. The number of benzene rings is 1. The molecule has 0 heterocycles. The monoisotopic (exact) mass is 312 g/mol. The van der Waals surface area contributed by atoms with Crippen LogP contribution in [0.15, 0.2) is 28.7 Å². The minimum atomic E-state index is 0.627. The fourth-order valence-electron chi connectivity index (χ4n) is 2.00. The Labute approximate surface area is 120 Å². The maximum Gasteiger partial charge on any atom is 0.0233 e. The molecule has 102 valence electrons. The van der Waals surface area contributed by atoms with Crippen LogP contribution in [0.5, 0.6) is 0 Å². The second kappa shape index (κ2) is 8.68. The molecule has 0 amide bonds. The van der Waals surface area contributed by atoms with Crippen molar-refractivity contribution < 1.29 is 0 Å². The number of hydrogen-bond donors (Lipinski definition) is 1. The van der Waals surface area contributed by atoms with Crippen molar-refractivity contribution in [3.63, 3.8) is 0 Å². The second-order valence-electron chi connectivity index (χ2n) is 4.89. The van der Waals surface area contributed by atoms with Gasteiger partial charge in [-0.25, -0.2) is 0 Å². The molecule has 0 bridgehead atoms. The third kappa shape index (κ3) is 5.98. The molecule has 1 aromatic carbocycles. The zero-order valence-corrected chi connectivity index (χ0v) is 13.3. The summed E-state index contributed by atoms with van der Waals surface area (Å²) in [5, 5.41) is 3.37. The van der Waals surface area contributed by atoms with Gasteiger partial charge in [0.2, 0.25) is 0 Å². The van der Waals surface area contributed by atoms with Gasteiger partial charge in [0.05, 0.1) is 0 Å². The maximum absolute atomic E-state index is 3.52. The summed E-state index contributed by atoms with van der Waals surface area (Å²) >= 11 is 3.52. The third-order valence-corrected chi connectivity index (χ3v) is 3.79. The van der Waals surface area contributed by atoms with Gasteiger partial charge in [0.25, 0.3) is 0 Å². The molecule has 1 unspecified atom stereocenters. The Kier molecular flexibility index (Phi) is 7.56. The van der Waals surface area contributed by atoms with E-state index in [0.29, 0.717) is 6.04 Å². The lowest BCUT2D eigenvalue weighted by atomic mass is 10.1. The van der Waals surface area contributed by atoms with E-state index in [-0.39, 0.29) is 0 Å². The number of rotatable bonds is 8. The summed E-state index contributed by atoms with van der Waals surface area (Å²) < 4.78 is 1.16. The smallest absolute Gasteiger partial charge is 0.0233 e. The molecule has 1 aromatic rings. The first kappa shape index (κ1) is 15.7. The Morgan fingerprint density at radius 1 is 1.39 bits per heavy atom. The Hall–Kier alpha value is -0.380. The van der Waals surface area contributed by atoms with Gasteiger partial charge >= 0.3 is 0 Å². The van der Waals surface area contributed by atoms with Crippen LogP contribution < -0.4 is 5.32 Å². The fourth-order valence-corrected chi connectivity index (χ4v) is 2.45. The van der Waals surface area contributed by atoms with E-state index < -0.39 is 0 Å². The highest BCUT2D eigenvalue weighted by Gasteiger charge is 2.09. The van der Waals surface area contributed by atoms with Gasteiger partial charge in [-0.3, -0.25) is 4.90 Å². The van der Waals surface area contributed by atoms with Gasteiger partial charge in [0.15, 0.2) is 0 Å². The highest BCUT2D eigenvalue weighted by Crippen LogP contribution is 2.15. The summed E-state index contributed by atoms with van der Waals surface area (Å²) in [5.41, 5.74) is 1.37. The van der Waals surface area contributed by atoms with Crippen LogP contribution in [0.2, 0.25) is 0 Å². The molecule has 1 rings (SSSR count). The minimum Gasteiger partial charge on any atom is -0.317 e. The highest BCUT2D eigenvalue weighted by molar-refractivity contribution is 9.10. The number of hydrogen-bond acceptors (Lipinski definition) is 2. The van der Waals surface area contributed by atoms with Crippen molar-refractivity contribution in [2.45, 2.75) is 39.3 Å². The van der Waals surface area contributed by atoms with Gasteiger partial charge in [0, 0.05) is 17.1 Å². The molecule has 0 aliphatic rings. The zero-order valence-electron chi connectivity index (χ0n) is 11.7. The SMILES string of the molecule is CCNCCCC(C)N(C)Cc1cccc(Br)c1. The first-order valence-electron chi connectivity index (χ1n) is 6.79. The summed E-state index contributed by atoms with van der Waals surface area (Å²) in [4.78, 5) is 2.42. The molecule has 1 atom stereocenters. The predicted molar refractivity (Wildman–Crippen MR) is 82.8 cm³/mol. The van der Waals surface area contributed by atoms with Crippen molar-refractivity contribution in [3.8, 4) is 0 Å². The van der Waals surface area contributed by atoms with Crippen LogP contribution in [-0.4, -0.2) is 31.1 Å². The van der Waals surface area contributed by atoms with E-state index in [1.807, 2.05) is 0 Å². The van der Waals surface area contributed by atoms with E-state index in [4.69, 9.17) is 0 Å². The average molecular weight is 313 g/mol. The Morgan fingerprint density at radius 2 is 2.17 bits per heavy atom. The van der Waals surface area contributed by atoms with Crippen LogP contribution >= 0.6 is 15.9 Å². The lowest BCUT2D eigenvalue weighted by Gasteiger charge is -2.25. The molecule has 0 spiro atoms. The highest BCUT2D eigenvalue weighted by atomic mass is 79.9.